The summed E-state index contributed by atoms with van der Waals surface area (Å²) in [5.41, 5.74) is 0. The van der Waals surface area contributed by atoms with Gasteiger partial charge in [-0.15, -0.1) is 22.2 Å². The SMILES string of the molecule is Clc1cc[c-](P(c2ccccc2)c2ccccc2)c1Cl.[Fe+2].c1ccc(P(c2ccccc2)[c-]2cccc2)cc1. The number of halogens is 2. The van der Waals surface area contributed by atoms with Crippen LogP contribution in [0.15, 0.2) is 158 Å². The molecule has 194 valence electrons. The molecule has 0 radical (unpaired) electrons. The Morgan fingerprint density at radius 1 is 0.410 bits per heavy atom. The summed E-state index contributed by atoms with van der Waals surface area (Å²) in [6.07, 6.45) is 0. The van der Waals surface area contributed by atoms with Crippen LogP contribution < -0.4 is 31.8 Å². The third-order valence-electron chi connectivity index (χ3n) is 6.02. The minimum Gasteiger partial charge on any atom is -0.213 e. The van der Waals surface area contributed by atoms with Gasteiger partial charge >= 0.3 is 17.1 Å². The van der Waals surface area contributed by atoms with Gasteiger partial charge in [-0.05, 0) is 21.2 Å². The fourth-order valence-corrected chi connectivity index (χ4v) is 9.54. The molecule has 0 saturated carbocycles. The Labute approximate surface area is 254 Å². The predicted octanol–water partition coefficient (Wildman–Crippen LogP) is 7.63. The Morgan fingerprint density at radius 3 is 1.10 bits per heavy atom. The summed E-state index contributed by atoms with van der Waals surface area (Å²) in [7, 11) is -1.07. The molecule has 5 heteroatoms. The van der Waals surface area contributed by atoms with E-state index in [1.54, 1.807) is 0 Å². The van der Waals surface area contributed by atoms with Crippen LogP contribution in [0.4, 0.5) is 0 Å². The minimum absolute atomic E-state index is 0. The molecule has 0 N–H and O–H groups in total. The van der Waals surface area contributed by atoms with Crippen molar-refractivity contribution < 1.29 is 17.1 Å². The third kappa shape index (κ3) is 7.39. The van der Waals surface area contributed by atoms with E-state index in [0.717, 1.165) is 5.30 Å². The summed E-state index contributed by atoms with van der Waals surface area (Å²) >= 11 is 12.5. The van der Waals surface area contributed by atoms with Gasteiger partial charge in [-0.25, -0.2) is 12.1 Å². The maximum absolute atomic E-state index is 6.39. The molecule has 0 aliphatic heterocycles. The minimum atomic E-state index is -0.662. The fourth-order valence-electron chi connectivity index (χ4n) is 4.29. The second-order valence-electron chi connectivity index (χ2n) is 8.54. The zero-order valence-corrected chi connectivity index (χ0v) is 25.4. The van der Waals surface area contributed by atoms with Crippen molar-refractivity contribution in [3.63, 3.8) is 0 Å². The standard InChI is InChI=1S/C17H12Cl2P.C17H14P.Fe/c18-15-11-12-16(17(15)19)20(13-7-3-1-4-8-13)14-9-5-2-6-10-14;1-3-9-15(10-4-1)18(17-13-7-8-14-17)16-11-5-2-6-12-16;/h1-12H;1-14H;/q2*-1;+2. The van der Waals surface area contributed by atoms with Gasteiger partial charge in [0.05, 0.1) is 0 Å². The summed E-state index contributed by atoms with van der Waals surface area (Å²) in [6.45, 7) is 0. The first kappa shape index (κ1) is 29.5. The van der Waals surface area contributed by atoms with E-state index in [4.69, 9.17) is 23.2 Å². The first-order chi connectivity index (χ1) is 18.7. The largest absolute Gasteiger partial charge is 2.00 e. The van der Waals surface area contributed by atoms with Gasteiger partial charge in [-0.2, -0.15) is 35.9 Å². The third-order valence-corrected chi connectivity index (χ3v) is 11.9. The Hall–Kier alpha value is -2.46. The molecule has 6 aromatic rings. The quantitative estimate of drug-likeness (QED) is 0.102. The molecule has 6 rings (SSSR count). The van der Waals surface area contributed by atoms with Crippen LogP contribution in [0.25, 0.3) is 0 Å². The Balaban J connectivity index is 0.000000177. The monoisotopic (exact) mass is 622 g/mol. The molecule has 0 amide bonds. The van der Waals surface area contributed by atoms with Gasteiger partial charge in [-0.1, -0.05) is 147 Å². The van der Waals surface area contributed by atoms with E-state index in [-0.39, 0.29) is 17.1 Å². The van der Waals surface area contributed by atoms with Crippen molar-refractivity contribution >= 4 is 70.9 Å². The molecule has 0 nitrogen and oxygen atoms in total. The molecule has 0 aromatic heterocycles. The van der Waals surface area contributed by atoms with Gasteiger partial charge in [0.25, 0.3) is 0 Å². The molecule has 0 heterocycles. The van der Waals surface area contributed by atoms with Crippen LogP contribution in [0, 0.1) is 0 Å². The molecule has 0 saturated heterocycles. The molecular formula is C34H26Cl2FeP2. The van der Waals surface area contributed by atoms with E-state index in [2.05, 4.69) is 133 Å². The molecule has 0 aliphatic rings. The summed E-state index contributed by atoms with van der Waals surface area (Å²) < 4.78 is 0. The maximum atomic E-state index is 6.39. The van der Waals surface area contributed by atoms with E-state index in [1.165, 1.54) is 26.5 Å². The van der Waals surface area contributed by atoms with Crippen molar-refractivity contribution in [2.75, 3.05) is 0 Å². The van der Waals surface area contributed by atoms with E-state index in [1.807, 2.05) is 24.3 Å². The second-order valence-corrected chi connectivity index (χ2v) is 13.7. The van der Waals surface area contributed by atoms with Crippen LogP contribution in [-0.2, 0) is 17.1 Å². The van der Waals surface area contributed by atoms with Crippen LogP contribution in [0.2, 0.25) is 10.0 Å². The maximum Gasteiger partial charge on any atom is 2.00 e. The number of hydrogen-bond donors (Lipinski definition) is 0. The summed E-state index contributed by atoms with van der Waals surface area (Å²) in [5, 5.41) is 9.20. The summed E-state index contributed by atoms with van der Waals surface area (Å²) in [4.78, 5) is 0. The van der Waals surface area contributed by atoms with E-state index < -0.39 is 15.8 Å². The fraction of sp³-hybridized carbons (Fsp3) is 0. The van der Waals surface area contributed by atoms with E-state index >= 15 is 0 Å². The van der Waals surface area contributed by atoms with Crippen LogP contribution in [-0.4, -0.2) is 0 Å². The van der Waals surface area contributed by atoms with E-state index in [9.17, 15) is 0 Å². The molecule has 0 aliphatic carbocycles. The molecule has 39 heavy (non-hydrogen) atoms. The first-order valence-electron chi connectivity index (χ1n) is 12.4. The van der Waals surface area contributed by atoms with Crippen molar-refractivity contribution in [3.05, 3.63) is 168 Å². The zero-order valence-electron chi connectivity index (χ0n) is 21.0. The molecule has 6 aromatic carbocycles. The molecule has 0 atom stereocenters. The van der Waals surface area contributed by atoms with Crippen molar-refractivity contribution in [2.45, 2.75) is 0 Å². The smallest absolute Gasteiger partial charge is 0.213 e. The van der Waals surface area contributed by atoms with Crippen LogP contribution >= 0.6 is 39.0 Å². The van der Waals surface area contributed by atoms with Gasteiger partial charge in [-0.3, -0.25) is 0 Å². The Kier molecular flexibility index (Phi) is 11.2. The van der Waals surface area contributed by atoms with Crippen molar-refractivity contribution in [1.29, 1.82) is 0 Å². The van der Waals surface area contributed by atoms with Crippen molar-refractivity contribution in [1.82, 2.24) is 0 Å². The molecule has 0 unspecified atom stereocenters. The van der Waals surface area contributed by atoms with E-state index in [0.29, 0.717) is 10.0 Å². The van der Waals surface area contributed by atoms with Crippen LogP contribution in [0.5, 0.6) is 0 Å². The van der Waals surface area contributed by atoms with Gasteiger partial charge in [0.1, 0.15) is 0 Å². The van der Waals surface area contributed by atoms with Gasteiger partial charge < -0.3 is 0 Å². The van der Waals surface area contributed by atoms with Crippen molar-refractivity contribution in [2.24, 2.45) is 0 Å². The number of benzene rings is 4. The second kappa shape index (κ2) is 14.8. The number of rotatable bonds is 6. The first-order valence-corrected chi connectivity index (χ1v) is 15.8. The van der Waals surface area contributed by atoms with Crippen LogP contribution in [0.3, 0.4) is 0 Å². The normalized spacial score (nSPS) is 10.6. The molecular weight excluding hydrogens is 597 g/mol. The Bertz CT molecular complexity index is 1440. The summed E-state index contributed by atoms with van der Waals surface area (Å²) in [5.74, 6) is 0. The molecule has 0 bridgehead atoms. The average Bonchev–Trinajstić information content (AvgIpc) is 3.63. The topological polar surface area (TPSA) is 0 Å². The van der Waals surface area contributed by atoms with Gasteiger partial charge in [0, 0.05) is 0 Å². The van der Waals surface area contributed by atoms with Crippen LogP contribution in [0.1, 0.15) is 0 Å². The Morgan fingerprint density at radius 2 is 0.769 bits per heavy atom. The average molecular weight is 623 g/mol. The summed E-state index contributed by atoms with van der Waals surface area (Å²) in [6, 6.07) is 55.1. The zero-order chi connectivity index (χ0) is 26.2. The predicted molar refractivity (Wildman–Crippen MR) is 172 cm³/mol. The van der Waals surface area contributed by atoms with Gasteiger partial charge in [0.15, 0.2) is 0 Å². The van der Waals surface area contributed by atoms with Gasteiger partial charge in [0.2, 0.25) is 0 Å². The number of hydrogen-bond acceptors (Lipinski definition) is 0. The van der Waals surface area contributed by atoms with Crippen molar-refractivity contribution in [3.8, 4) is 0 Å². The molecule has 0 fully saturated rings. The molecule has 0 spiro atoms.